The van der Waals surface area contributed by atoms with Crippen molar-refractivity contribution in [2.24, 2.45) is 5.92 Å². The third-order valence-corrected chi connectivity index (χ3v) is 5.44. The summed E-state index contributed by atoms with van der Waals surface area (Å²) in [6.45, 7) is 1.45. The Balaban J connectivity index is 0.00000124. The van der Waals surface area contributed by atoms with Crippen LogP contribution in [0, 0.1) is 29.2 Å². The molecule has 0 radical (unpaired) electrons. The first-order valence-corrected chi connectivity index (χ1v) is 11.9. The summed E-state index contributed by atoms with van der Waals surface area (Å²) in [5.41, 5.74) is 0.493. The Morgan fingerprint density at radius 1 is 0.949 bits per heavy atom. The zero-order valence-electron chi connectivity index (χ0n) is 21.2. The number of carboxylic acids is 1. The van der Waals surface area contributed by atoms with E-state index in [1.807, 2.05) is 37.3 Å². The number of rotatable bonds is 11. The van der Waals surface area contributed by atoms with Crippen LogP contribution in [0.4, 0.5) is 17.6 Å². The Labute approximate surface area is 221 Å². The van der Waals surface area contributed by atoms with Crippen molar-refractivity contribution in [3.05, 3.63) is 77.4 Å². The van der Waals surface area contributed by atoms with Crippen LogP contribution >= 0.6 is 0 Å². The van der Waals surface area contributed by atoms with Gasteiger partial charge >= 0.3 is 0 Å². The van der Waals surface area contributed by atoms with Gasteiger partial charge in [-0.15, -0.1) is 0 Å². The molecule has 1 amide bonds. The van der Waals surface area contributed by atoms with Crippen molar-refractivity contribution in [3.63, 3.8) is 0 Å². The first kappa shape index (κ1) is 30.9. The number of fused-ring (bicyclic) bond motifs is 1. The lowest BCUT2D eigenvalue weighted by molar-refractivity contribution is -0.134. The second kappa shape index (κ2) is 14.6. The minimum Gasteiger partial charge on any atom is -0.481 e. The van der Waals surface area contributed by atoms with Gasteiger partial charge < -0.3 is 15.2 Å². The maximum absolute atomic E-state index is 13.6. The van der Waals surface area contributed by atoms with Gasteiger partial charge in [0.25, 0.3) is 5.97 Å². The van der Waals surface area contributed by atoms with Crippen LogP contribution in [-0.4, -0.2) is 41.7 Å². The topological polar surface area (TPSA) is 110 Å². The minimum absolute atomic E-state index is 0.0208. The number of nitrogens with one attached hydrogen (secondary N) is 1. The van der Waals surface area contributed by atoms with E-state index in [9.17, 15) is 31.9 Å². The van der Waals surface area contributed by atoms with Crippen LogP contribution in [-0.2, 0) is 14.4 Å². The van der Waals surface area contributed by atoms with E-state index in [0.29, 0.717) is 18.4 Å². The quantitative estimate of drug-likeness (QED) is 0.192. The molecule has 3 aromatic rings. The molecule has 0 heterocycles. The fraction of sp³-hybridized carbons (Fsp3) is 0.286. The lowest BCUT2D eigenvalue weighted by atomic mass is 9.91. The van der Waals surface area contributed by atoms with Crippen molar-refractivity contribution in [1.29, 1.82) is 0 Å². The zero-order chi connectivity index (χ0) is 29.1. The van der Waals surface area contributed by atoms with E-state index in [-0.39, 0.29) is 18.3 Å². The number of benzene rings is 3. The Hall–Kier alpha value is -4.28. The normalized spacial score (nSPS) is 11.2. The lowest BCUT2D eigenvalue weighted by Crippen LogP contribution is -2.37. The third-order valence-electron chi connectivity index (χ3n) is 5.44. The fourth-order valence-electron chi connectivity index (χ4n) is 3.69. The summed E-state index contributed by atoms with van der Waals surface area (Å²) < 4.78 is 58.4. The van der Waals surface area contributed by atoms with E-state index in [2.05, 4.69) is 10.1 Å². The number of carbonyl (C=O) groups is 4. The van der Waals surface area contributed by atoms with Gasteiger partial charge in [-0.1, -0.05) is 55.8 Å². The summed E-state index contributed by atoms with van der Waals surface area (Å²) in [7, 11) is 0. The number of ketones is 2. The second-order valence-corrected chi connectivity index (χ2v) is 8.50. The summed E-state index contributed by atoms with van der Waals surface area (Å²) >= 11 is 0. The zero-order valence-corrected chi connectivity index (χ0v) is 21.2. The van der Waals surface area contributed by atoms with Gasteiger partial charge in [-0.05, 0) is 17.2 Å². The molecule has 0 spiro atoms. The van der Waals surface area contributed by atoms with Crippen LogP contribution < -0.4 is 10.1 Å². The fourth-order valence-corrected chi connectivity index (χ4v) is 3.69. The maximum atomic E-state index is 13.6. The SMILES string of the molecule is CC(=O)O.CCCC(CC(=O)c1cccc2ccccc12)C(=O)NCC(=O)COc1c(F)c(F)cc(F)c1F. The van der Waals surface area contributed by atoms with Gasteiger partial charge in [0.1, 0.15) is 6.61 Å². The molecular formula is C28H27F4NO6. The predicted molar refractivity (Wildman–Crippen MR) is 134 cm³/mol. The van der Waals surface area contributed by atoms with Gasteiger partial charge in [0.15, 0.2) is 29.0 Å². The second-order valence-electron chi connectivity index (χ2n) is 8.50. The molecule has 0 aliphatic rings. The summed E-state index contributed by atoms with van der Waals surface area (Å²) in [4.78, 5) is 46.7. The van der Waals surface area contributed by atoms with Crippen LogP contribution in [0.3, 0.4) is 0 Å². The van der Waals surface area contributed by atoms with Gasteiger partial charge in [0.05, 0.1) is 6.54 Å². The van der Waals surface area contributed by atoms with Gasteiger partial charge in [-0.2, -0.15) is 8.78 Å². The molecule has 0 saturated heterocycles. The smallest absolute Gasteiger partial charge is 0.300 e. The summed E-state index contributed by atoms with van der Waals surface area (Å²) in [5.74, 6) is -11.3. The summed E-state index contributed by atoms with van der Waals surface area (Å²) in [6, 6.07) is 12.7. The lowest BCUT2D eigenvalue weighted by Gasteiger charge is -2.16. The van der Waals surface area contributed by atoms with Crippen molar-refractivity contribution in [2.45, 2.75) is 33.1 Å². The molecule has 208 valence electrons. The van der Waals surface area contributed by atoms with Gasteiger partial charge in [-0.3, -0.25) is 19.2 Å². The van der Waals surface area contributed by atoms with Gasteiger partial charge in [-0.25, -0.2) is 8.78 Å². The molecule has 0 aliphatic heterocycles. The molecule has 11 heteroatoms. The first-order valence-electron chi connectivity index (χ1n) is 11.9. The number of aliphatic carboxylic acids is 1. The Morgan fingerprint density at radius 3 is 2.15 bits per heavy atom. The number of amides is 1. The molecule has 2 N–H and O–H groups in total. The molecule has 3 aromatic carbocycles. The van der Waals surface area contributed by atoms with Gasteiger partial charge in [0.2, 0.25) is 17.5 Å². The van der Waals surface area contributed by atoms with Crippen molar-refractivity contribution in [1.82, 2.24) is 5.32 Å². The van der Waals surface area contributed by atoms with Crippen molar-refractivity contribution < 1.29 is 46.6 Å². The molecule has 3 rings (SSSR count). The molecule has 1 unspecified atom stereocenters. The molecule has 39 heavy (non-hydrogen) atoms. The monoisotopic (exact) mass is 549 g/mol. The highest BCUT2D eigenvalue weighted by atomic mass is 19.2. The van der Waals surface area contributed by atoms with Crippen LogP contribution in [0.2, 0.25) is 0 Å². The van der Waals surface area contributed by atoms with E-state index < -0.39 is 65.7 Å². The standard InChI is InChI=1S/C26H23F4NO4.C2H4O2/c1-2-6-16(11-22(33)19-10-5-8-15-7-3-4-9-18(15)19)26(34)31-13-17(32)14-35-25-23(29)20(27)12-21(28)24(25)30;1-2(3)4/h3-5,7-10,12,16H,2,6,11,13-14H2,1H3,(H,31,34);1H3,(H,3,4). The number of carbonyl (C=O) groups excluding carboxylic acids is 3. The van der Waals surface area contributed by atoms with E-state index in [1.165, 1.54) is 0 Å². The maximum Gasteiger partial charge on any atom is 0.300 e. The first-order chi connectivity index (χ1) is 18.5. The molecule has 0 fully saturated rings. The average Bonchev–Trinajstić information content (AvgIpc) is 2.89. The van der Waals surface area contributed by atoms with E-state index in [0.717, 1.165) is 17.7 Å². The molecule has 0 aromatic heterocycles. The van der Waals surface area contributed by atoms with Crippen LogP contribution in [0.25, 0.3) is 10.8 Å². The molecule has 1 atom stereocenters. The average molecular weight is 550 g/mol. The Kier molecular flexibility index (Phi) is 11.6. The number of halogens is 4. The number of hydrogen-bond donors (Lipinski definition) is 2. The number of ether oxygens (including phenoxy) is 1. The number of carboxylic acid groups (broad SMARTS) is 1. The summed E-state index contributed by atoms with van der Waals surface area (Å²) in [5, 5.41) is 11.5. The highest BCUT2D eigenvalue weighted by molar-refractivity contribution is 6.09. The minimum atomic E-state index is -1.77. The summed E-state index contributed by atoms with van der Waals surface area (Å²) in [6.07, 6.45) is 0.936. The van der Waals surface area contributed by atoms with Crippen molar-refractivity contribution in [3.8, 4) is 5.75 Å². The molecule has 0 saturated carbocycles. The largest absolute Gasteiger partial charge is 0.481 e. The highest BCUT2D eigenvalue weighted by Gasteiger charge is 2.24. The molecule has 0 bridgehead atoms. The predicted octanol–water partition coefficient (Wildman–Crippen LogP) is 5.24. The number of Topliss-reactive ketones (excluding diaryl/α,β-unsaturated/α-hetero) is 2. The van der Waals surface area contributed by atoms with Crippen molar-refractivity contribution in [2.75, 3.05) is 13.2 Å². The number of hydrogen-bond acceptors (Lipinski definition) is 5. The van der Waals surface area contributed by atoms with E-state index in [1.54, 1.807) is 12.1 Å². The van der Waals surface area contributed by atoms with Gasteiger partial charge in [0, 0.05) is 30.9 Å². The molecule has 0 aliphatic carbocycles. The van der Waals surface area contributed by atoms with E-state index >= 15 is 0 Å². The van der Waals surface area contributed by atoms with Crippen molar-refractivity contribution >= 4 is 34.2 Å². The van der Waals surface area contributed by atoms with E-state index in [4.69, 9.17) is 9.90 Å². The van der Waals surface area contributed by atoms with Crippen LogP contribution in [0.5, 0.6) is 5.75 Å². The Morgan fingerprint density at radius 2 is 1.54 bits per heavy atom. The molecule has 7 nitrogen and oxygen atoms in total. The van der Waals surface area contributed by atoms with Crippen LogP contribution in [0.15, 0.2) is 48.5 Å². The third kappa shape index (κ3) is 8.91. The Bertz CT molecular complexity index is 1330. The highest BCUT2D eigenvalue weighted by Crippen LogP contribution is 2.26. The molecular weight excluding hydrogens is 522 g/mol. The van der Waals surface area contributed by atoms with Crippen LogP contribution in [0.1, 0.15) is 43.5 Å².